The van der Waals surface area contributed by atoms with Gasteiger partial charge in [0.2, 0.25) is 0 Å². The fourth-order valence-corrected chi connectivity index (χ4v) is 3.01. The standard InChI is InChI=1S/C14H20BrFN2/c1-3-18-7-6-17(9-11(18)2)10-12-4-5-14(16)13(15)8-12/h4-5,8,11H,3,6-7,9-10H2,1-2H3. The molecular formula is C14H20BrFN2. The van der Waals surface area contributed by atoms with E-state index in [-0.39, 0.29) is 5.82 Å². The van der Waals surface area contributed by atoms with Crippen molar-refractivity contribution in [3.8, 4) is 0 Å². The molecule has 1 aliphatic heterocycles. The molecule has 4 heteroatoms. The molecular weight excluding hydrogens is 295 g/mol. The fourth-order valence-electron chi connectivity index (χ4n) is 2.58. The lowest BCUT2D eigenvalue weighted by molar-refractivity contribution is 0.0834. The van der Waals surface area contributed by atoms with Crippen LogP contribution in [0.25, 0.3) is 0 Å². The molecule has 1 unspecified atom stereocenters. The average molecular weight is 315 g/mol. The third kappa shape index (κ3) is 3.31. The highest BCUT2D eigenvalue weighted by atomic mass is 79.9. The molecule has 0 amide bonds. The quantitative estimate of drug-likeness (QED) is 0.846. The van der Waals surface area contributed by atoms with Gasteiger partial charge in [0.1, 0.15) is 5.82 Å². The van der Waals surface area contributed by atoms with Crippen LogP contribution in [0.5, 0.6) is 0 Å². The lowest BCUT2D eigenvalue weighted by atomic mass is 10.1. The molecule has 1 heterocycles. The van der Waals surface area contributed by atoms with Gasteiger partial charge in [-0.15, -0.1) is 0 Å². The first kappa shape index (κ1) is 14.0. The van der Waals surface area contributed by atoms with E-state index in [1.807, 2.05) is 12.1 Å². The Kier molecular flexibility index (Phi) is 4.76. The van der Waals surface area contributed by atoms with E-state index >= 15 is 0 Å². The van der Waals surface area contributed by atoms with Crippen LogP contribution >= 0.6 is 15.9 Å². The van der Waals surface area contributed by atoms with Crippen LogP contribution in [0, 0.1) is 5.82 Å². The second-order valence-corrected chi connectivity index (χ2v) is 5.82. The minimum absolute atomic E-state index is 0.192. The molecule has 1 saturated heterocycles. The number of hydrogen-bond donors (Lipinski definition) is 0. The molecule has 0 aliphatic carbocycles. The largest absolute Gasteiger partial charge is 0.298 e. The van der Waals surface area contributed by atoms with Crippen LogP contribution in [0.3, 0.4) is 0 Å². The van der Waals surface area contributed by atoms with Gasteiger partial charge in [-0.2, -0.15) is 0 Å². The molecule has 0 radical (unpaired) electrons. The lowest BCUT2D eigenvalue weighted by Gasteiger charge is -2.39. The summed E-state index contributed by atoms with van der Waals surface area (Å²) in [6.07, 6.45) is 0. The summed E-state index contributed by atoms with van der Waals surface area (Å²) in [5.74, 6) is -0.192. The molecule has 18 heavy (non-hydrogen) atoms. The first-order valence-electron chi connectivity index (χ1n) is 6.50. The van der Waals surface area contributed by atoms with Crippen molar-refractivity contribution < 1.29 is 4.39 Å². The average Bonchev–Trinajstić information content (AvgIpc) is 2.34. The van der Waals surface area contributed by atoms with Crippen molar-refractivity contribution in [1.82, 2.24) is 9.80 Å². The van der Waals surface area contributed by atoms with Crippen LogP contribution in [-0.4, -0.2) is 42.0 Å². The zero-order chi connectivity index (χ0) is 13.1. The van der Waals surface area contributed by atoms with Gasteiger partial charge in [0.15, 0.2) is 0 Å². The van der Waals surface area contributed by atoms with E-state index in [9.17, 15) is 4.39 Å². The highest BCUT2D eigenvalue weighted by Crippen LogP contribution is 2.19. The summed E-state index contributed by atoms with van der Waals surface area (Å²) in [6, 6.07) is 5.89. The first-order valence-corrected chi connectivity index (χ1v) is 7.29. The Bertz CT molecular complexity index is 411. The summed E-state index contributed by atoms with van der Waals surface area (Å²) < 4.78 is 13.7. The molecule has 1 atom stereocenters. The summed E-state index contributed by atoms with van der Waals surface area (Å²) in [5, 5.41) is 0. The Morgan fingerprint density at radius 3 is 2.78 bits per heavy atom. The molecule has 2 rings (SSSR count). The summed E-state index contributed by atoms with van der Waals surface area (Å²) in [4.78, 5) is 4.94. The van der Waals surface area contributed by atoms with Gasteiger partial charge < -0.3 is 0 Å². The Balaban J connectivity index is 1.96. The number of rotatable bonds is 3. The molecule has 1 aromatic rings. The fraction of sp³-hybridized carbons (Fsp3) is 0.571. The van der Waals surface area contributed by atoms with Crippen LogP contribution in [0.15, 0.2) is 22.7 Å². The number of piperazine rings is 1. The van der Waals surface area contributed by atoms with E-state index in [0.717, 1.165) is 32.7 Å². The molecule has 0 bridgehead atoms. The minimum Gasteiger partial charge on any atom is -0.298 e. The topological polar surface area (TPSA) is 6.48 Å². The van der Waals surface area contributed by atoms with Gasteiger partial charge in [0.05, 0.1) is 4.47 Å². The van der Waals surface area contributed by atoms with E-state index in [1.165, 1.54) is 11.6 Å². The summed E-state index contributed by atoms with van der Waals surface area (Å²) in [5.41, 5.74) is 1.17. The number of hydrogen-bond acceptors (Lipinski definition) is 2. The third-order valence-electron chi connectivity index (χ3n) is 3.65. The molecule has 1 fully saturated rings. The summed E-state index contributed by atoms with van der Waals surface area (Å²) >= 11 is 3.24. The molecule has 1 aromatic carbocycles. The van der Waals surface area contributed by atoms with E-state index in [0.29, 0.717) is 10.5 Å². The van der Waals surface area contributed by atoms with Gasteiger partial charge in [-0.1, -0.05) is 13.0 Å². The van der Waals surface area contributed by atoms with Crippen molar-refractivity contribution in [2.75, 3.05) is 26.2 Å². The number of benzene rings is 1. The van der Waals surface area contributed by atoms with Crippen molar-refractivity contribution >= 4 is 15.9 Å². The van der Waals surface area contributed by atoms with Gasteiger partial charge in [-0.3, -0.25) is 9.80 Å². The van der Waals surface area contributed by atoms with Crippen molar-refractivity contribution in [3.05, 3.63) is 34.1 Å². The van der Waals surface area contributed by atoms with Crippen LogP contribution in [-0.2, 0) is 6.54 Å². The third-order valence-corrected chi connectivity index (χ3v) is 4.25. The number of halogens is 2. The molecule has 0 saturated carbocycles. The van der Waals surface area contributed by atoms with E-state index in [4.69, 9.17) is 0 Å². The van der Waals surface area contributed by atoms with Crippen LogP contribution < -0.4 is 0 Å². The van der Waals surface area contributed by atoms with Crippen molar-refractivity contribution in [1.29, 1.82) is 0 Å². The monoisotopic (exact) mass is 314 g/mol. The minimum atomic E-state index is -0.192. The second kappa shape index (κ2) is 6.13. The Morgan fingerprint density at radius 1 is 1.39 bits per heavy atom. The maximum atomic E-state index is 13.2. The number of likely N-dealkylation sites (N-methyl/N-ethyl adjacent to an activating group) is 1. The Hall–Kier alpha value is -0.450. The van der Waals surface area contributed by atoms with Crippen molar-refractivity contribution in [2.45, 2.75) is 26.4 Å². The van der Waals surface area contributed by atoms with Gasteiger partial charge >= 0.3 is 0 Å². The smallest absolute Gasteiger partial charge is 0.137 e. The van der Waals surface area contributed by atoms with E-state index < -0.39 is 0 Å². The highest BCUT2D eigenvalue weighted by Gasteiger charge is 2.22. The molecule has 0 aromatic heterocycles. The maximum absolute atomic E-state index is 13.2. The van der Waals surface area contributed by atoms with Crippen LogP contribution in [0.4, 0.5) is 4.39 Å². The van der Waals surface area contributed by atoms with Crippen LogP contribution in [0.1, 0.15) is 19.4 Å². The molecule has 2 nitrogen and oxygen atoms in total. The Labute approximate surface area is 117 Å². The predicted molar refractivity (Wildman–Crippen MR) is 76.1 cm³/mol. The van der Waals surface area contributed by atoms with Crippen molar-refractivity contribution in [3.63, 3.8) is 0 Å². The second-order valence-electron chi connectivity index (χ2n) is 4.96. The van der Waals surface area contributed by atoms with Gasteiger partial charge in [0.25, 0.3) is 0 Å². The zero-order valence-electron chi connectivity index (χ0n) is 11.0. The maximum Gasteiger partial charge on any atom is 0.137 e. The SMILES string of the molecule is CCN1CCN(Cc2ccc(F)c(Br)c2)CC1C. The molecule has 100 valence electrons. The molecule has 0 spiro atoms. The van der Waals surface area contributed by atoms with Crippen LogP contribution in [0.2, 0.25) is 0 Å². The first-order chi connectivity index (χ1) is 8.60. The van der Waals surface area contributed by atoms with Gasteiger partial charge in [-0.25, -0.2) is 4.39 Å². The van der Waals surface area contributed by atoms with Crippen molar-refractivity contribution in [2.24, 2.45) is 0 Å². The normalized spacial score (nSPS) is 22.3. The molecule has 1 aliphatic rings. The number of nitrogens with zero attached hydrogens (tertiary/aromatic N) is 2. The molecule has 0 N–H and O–H groups in total. The lowest BCUT2D eigenvalue weighted by Crippen LogP contribution is -2.51. The van der Waals surface area contributed by atoms with Gasteiger partial charge in [0, 0.05) is 32.2 Å². The summed E-state index contributed by atoms with van der Waals surface area (Å²) in [7, 11) is 0. The van der Waals surface area contributed by atoms with E-state index in [2.05, 4.69) is 39.6 Å². The Morgan fingerprint density at radius 2 is 2.17 bits per heavy atom. The van der Waals surface area contributed by atoms with Gasteiger partial charge in [-0.05, 0) is 47.1 Å². The zero-order valence-corrected chi connectivity index (χ0v) is 12.6. The summed E-state index contributed by atoms with van der Waals surface area (Å²) in [6.45, 7) is 9.81. The predicted octanol–water partition coefficient (Wildman–Crippen LogP) is 3.11. The highest BCUT2D eigenvalue weighted by molar-refractivity contribution is 9.10. The van der Waals surface area contributed by atoms with E-state index in [1.54, 1.807) is 0 Å².